The molecule has 3 rings (SSSR count). The third kappa shape index (κ3) is 4.01. The van der Waals surface area contributed by atoms with Crippen LogP contribution in [0.3, 0.4) is 0 Å². The highest BCUT2D eigenvalue weighted by Gasteiger charge is 2.21. The lowest BCUT2D eigenvalue weighted by Crippen LogP contribution is -2.30. The normalized spacial score (nSPS) is 11.7. The van der Waals surface area contributed by atoms with Gasteiger partial charge in [-0.1, -0.05) is 25.2 Å². The lowest BCUT2D eigenvalue weighted by molar-refractivity contribution is 0.102. The first kappa shape index (κ1) is 20.2. The zero-order chi connectivity index (χ0) is 20.3. The van der Waals surface area contributed by atoms with Crippen LogP contribution >= 0.6 is 11.3 Å². The molecule has 0 saturated heterocycles. The van der Waals surface area contributed by atoms with Crippen molar-refractivity contribution >= 4 is 42.6 Å². The molecular weight excluding hydrogens is 398 g/mol. The molecule has 2 aromatic carbocycles. The van der Waals surface area contributed by atoms with Gasteiger partial charge in [0.2, 0.25) is 10.0 Å². The van der Waals surface area contributed by atoms with E-state index in [2.05, 4.69) is 10.3 Å². The van der Waals surface area contributed by atoms with E-state index in [0.717, 1.165) is 16.0 Å². The van der Waals surface area contributed by atoms with Crippen molar-refractivity contribution in [1.82, 2.24) is 9.29 Å². The first-order valence-electron chi connectivity index (χ1n) is 8.75. The quantitative estimate of drug-likeness (QED) is 0.632. The molecule has 0 aliphatic heterocycles. The van der Waals surface area contributed by atoms with Gasteiger partial charge in [0.05, 0.1) is 22.2 Å². The number of hydrogen-bond acceptors (Lipinski definition) is 6. The molecule has 0 spiro atoms. The number of anilines is 1. The number of carbonyl (C=O) groups excluding carboxylic acids is 1. The number of aromatic nitrogens is 1. The van der Waals surface area contributed by atoms with Crippen LogP contribution in [-0.2, 0) is 10.0 Å². The van der Waals surface area contributed by atoms with Crippen LogP contribution in [0.2, 0.25) is 0 Å². The minimum atomic E-state index is -3.55. The van der Waals surface area contributed by atoms with Crippen LogP contribution in [0.4, 0.5) is 5.13 Å². The van der Waals surface area contributed by atoms with E-state index in [-0.39, 0.29) is 10.8 Å². The van der Waals surface area contributed by atoms with E-state index in [1.807, 2.05) is 18.2 Å². The molecule has 0 saturated carbocycles. The third-order valence-electron chi connectivity index (χ3n) is 4.28. The molecule has 0 fully saturated rings. The summed E-state index contributed by atoms with van der Waals surface area (Å²) in [6.07, 6.45) is 0. The number of carbonyl (C=O) groups is 1. The monoisotopic (exact) mass is 419 g/mol. The maximum atomic E-state index is 12.5. The highest BCUT2D eigenvalue weighted by molar-refractivity contribution is 7.89. The van der Waals surface area contributed by atoms with Gasteiger partial charge in [-0.05, 0) is 42.5 Å². The smallest absolute Gasteiger partial charge is 0.257 e. The molecule has 1 heterocycles. The molecule has 1 amide bonds. The Labute approximate surface area is 168 Å². The molecule has 9 heteroatoms. The summed E-state index contributed by atoms with van der Waals surface area (Å²) in [5, 5.41) is 3.22. The zero-order valence-corrected chi connectivity index (χ0v) is 17.4. The fourth-order valence-corrected chi connectivity index (χ4v) is 5.09. The molecule has 1 N–H and O–H groups in total. The van der Waals surface area contributed by atoms with Crippen LogP contribution in [0.1, 0.15) is 24.2 Å². The predicted molar refractivity (Wildman–Crippen MR) is 111 cm³/mol. The first-order valence-corrected chi connectivity index (χ1v) is 11.0. The number of rotatable bonds is 7. The molecule has 0 radical (unpaired) electrons. The number of thiazole rings is 1. The average Bonchev–Trinajstić information content (AvgIpc) is 3.10. The average molecular weight is 420 g/mol. The number of ether oxygens (including phenoxy) is 1. The van der Waals surface area contributed by atoms with Gasteiger partial charge in [-0.2, -0.15) is 4.31 Å². The van der Waals surface area contributed by atoms with E-state index in [9.17, 15) is 13.2 Å². The molecule has 148 valence electrons. The van der Waals surface area contributed by atoms with Crippen LogP contribution in [-0.4, -0.2) is 43.8 Å². The topological polar surface area (TPSA) is 88.6 Å². The van der Waals surface area contributed by atoms with E-state index in [1.54, 1.807) is 21.0 Å². The summed E-state index contributed by atoms with van der Waals surface area (Å²) in [5.41, 5.74) is 1.12. The van der Waals surface area contributed by atoms with Crippen LogP contribution in [0.5, 0.6) is 5.75 Å². The van der Waals surface area contributed by atoms with Gasteiger partial charge in [-0.3, -0.25) is 10.1 Å². The van der Waals surface area contributed by atoms with E-state index in [4.69, 9.17) is 4.74 Å². The van der Waals surface area contributed by atoms with Crippen molar-refractivity contribution in [2.45, 2.75) is 18.7 Å². The van der Waals surface area contributed by atoms with Crippen molar-refractivity contribution < 1.29 is 17.9 Å². The molecule has 3 aromatic rings. The van der Waals surface area contributed by atoms with E-state index in [0.29, 0.717) is 23.8 Å². The minimum Gasteiger partial charge on any atom is -0.497 e. The zero-order valence-electron chi connectivity index (χ0n) is 15.8. The molecular formula is C19H21N3O4S2. The summed E-state index contributed by atoms with van der Waals surface area (Å²) >= 11 is 1.34. The predicted octanol–water partition coefficient (Wildman–Crippen LogP) is 3.59. The van der Waals surface area contributed by atoms with Crippen molar-refractivity contribution in [1.29, 1.82) is 0 Å². The molecule has 0 atom stereocenters. The number of fused-ring (bicyclic) bond motifs is 1. The van der Waals surface area contributed by atoms with Gasteiger partial charge in [0.15, 0.2) is 5.13 Å². The van der Waals surface area contributed by atoms with Crippen molar-refractivity contribution in [3.63, 3.8) is 0 Å². The van der Waals surface area contributed by atoms with Gasteiger partial charge in [-0.15, -0.1) is 0 Å². The molecule has 1 aromatic heterocycles. The fraction of sp³-hybridized carbons (Fsp3) is 0.263. The van der Waals surface area contributed by atoms with Gasteiger partial charge in [0.1, 0.15) is 5.75 Å². The van der Waals surface area contributed by atoms with E-state index < -0.39 is 10.0 Å². The summed E-state index contributed by atoms with van der Waals surface area (Å²) in [7, 11) is -1.95. The third-order valence-corrected chi connectivity index (χ3v) is 7.27. The second-order valence-electron chi connectivity index (χ2n) is 5.92. The summed E-state index contributed by atoms with van der Waals surface area (Å²) in [6.45, 7) is 4.36. The maximum absolute atomic E-state index is 12.5. The van der Waals surface area contributed by atoms with Gasteiger partial charge in [-0.25, -0.2) is 13.4 Å². The van der Waals surface area contributed by atoms with E-state index in [1.165, 1.54) is 39.9 Å². The van der Waals surface area contributed by atoms with Crippen LogP contribution in [0.25, 0.3) is 10.2 Å². The van der Waals surface area contributed by atoms with Crippen molar-refractivity contribution in [2.75, 3.05) is 25.5 Å². The van der Waals surface area contributed by atoms with Crippen LogP contribution in [0.15, 0.2) is 47.4 Å². The Morgan fingerprint density at radius 3 is 2.43 bits per heavy atom. The maximum Gasteiger partial charge on any atom is 0.257 e. The molecule has 0 aliphatic carbocycles. The molecule has 28 heavy (non-hydrogen) atoms. The summed E-state index contributed by atoms with van der Waals surface area (Å²) in [6, 6.07) is 11.4. The number of benzene rings is 2. The minimum absolute atomic E-state index is 0.167. The van der Waals surface area contributed by atoms with Crippen molar-refractivity contribution in [3.8, 4) is 5.75 Å². The second-order valence-corrected chi connectivity index (χ2v) is 8.89. The Hall–Kier alpha value is -2.49. The number of amides is 1. The summed E-state index contributed by atoms with van der Waals surface area (Å²) in [4.78, 5) is 17.0. The Morgan fingerprint density at radius 1 is 1.14 bits per heavy atom. The SMILES string of the molecule is CCN(CC)S(=O)(=O)c1ccc(C(=O)Nc2nc3ccc(OC)cc3s2)cc1. The summed E-state index contributed by atoms with van der Waals surface area (Å²) in [5.74, 6) is 0.372. The highest BCUT2D eigenvalue weighted by Crippen LogP contribution is 2.29. The largest absolute Gasteiger partial charge is 0.497 e. The number of nitrogens with zero attached hydrogens (tertiary/aromatic N) is 2. The Kier molecular flexibility index (Phi) is 5.97. The number of hydrogen-bond donors (Lipinski definition) is 1. The van der Waals surface area contributed by atoms with Gasteiger partial charge >= 0.3 is 0 Å². The van der Waals surface area contributed by atoms with Gasteiger partial charge in [0.25, 0.3) is 5.91 Å². The summed E-state index contributed by atoms with van der Waals surface area (Å²) < 4.78 is 32.5. The van der Waals surface area contributed by atoms with Crippen LogP contribution < -0.4 is 10.1 Å². The Balaban J connectivity index is 1.78. The Bertz CT molecular complexity index is 1090. The fourth-order valence-electron chi connectivity index (χ4n) is 2.75. The molecule has 0 unspecified atom stereocenters. The lowest BCUT2D eigenvalue weighted by Gasteiger charge is -2.18. The van der Waals surface area contributed by atoms with Crippen molar-refractivity contribution in [2.24, 2.45) is 0 Å². The molecule has 7 nitrogen and oxygen atoms in total. The second kappa shape index (κ2) is 8.26. The van der Waals surface area contributed by atoms with Crippen LogP contribution in [0, 0.1) is 0 Å². The number of sulfonamides is 1. The highest BCUT2D eigenvalue weighted by atomic mass is 32.2. The molecule has 0 bridgehead atoms. The van der Waals surface area contributed by atoms with Crippen molar-refractivity contribution in [3.05, 3.63) is 48.0 Å². The van der Waals surface area contributed by atoms with E-state index >= 15 is 0 Å². The number of nitrogens with one attached hydrogen (secondary N) is 1. The van der Waals surface area contributed by atoms with Gasteiger partial charge < -0.3 is 4.74 Å². The standard InChI is InChI=1S/C19H21N3O4S2/c1-4-22(5-2)28(24,25)15-9-6-13(7-10-15)18(23)21-19-20-16-11-8-14(26-3)12-17(16)27-19/h6-12H,4-5H2,1-3H3,(H,20,21,23). The van der Waals surface area contributed by atoms with Gasteiger partial charge in [0, 0.05) is 18.7 Å². The number of methoxy groups -OCH3 is 1. The lowest BCUT2D eigenvalue weighted by atomic mass is 10.2. The molecule has 0 aliphatic rings. The first-order chi connectivity index (χ1) is 13.4. The Morgan fingerprint density at radius 2 is 1.82 bits per heavy atom.